The molecule has 0 bridgehead atoms. The van der Waals surface area contributed by atoms with E-state index in [9.17, 15) is 0 Å². The SMILES string of the molecule is N#CCCSC1=C(SCCC#N)SC(=C2SC3=C(SC=CS3)S2)S1. The van der Waals surface area contributed by atoms with E-state index in [1.165, 1.54) is 25.4 Å². The summed E-state index contributed by atoms with van der Waals surface area (Å²) < 4.78 is 8.09. The molecule has 10 heteroatoms. The molecule has 3 aliphatic rings. The van der Waals surface area contributed by atoms with E-state index in [-0.39, 0.29) is 0 Å². The van der Waals surface area contributed by atoms with Gasteiger partial charge in [0, 0.05) is 24.3 Å². The van der Waals surface area contributed by atoms with Crippen LogP contribution in [0.2, 0.25) is 0 Å². The number of thioether (sulfide) groups is 8. The van der Waals surface area contributed by atoms with E-state index in [2.05, 4.69) is 23.0 Å². The van der Waals surface area contributed by atoms with Crippen LogP contribution in [0.15, 0.2) is 36.2 Å². The highest BCUT2D eigenvalue weighted by Crippen LogP contribution is 2.67. The minimum absolute atomic E-state index is 0.569. The average molecular weight is 463 g/mol. The second-order valence-corrected chi connectivity index (χ2v) is 13.8. The molecule has 0 unspecified atom stereocenters. The number of hydrogen-bond donors (Lipinski definition) is 0. The van der Waals surface area contributed by atoms with Crippen LogP contribution in [0.25, 0.3) is 0 Å². The van der Waals surface area contributed by atoms with Crippen LogP contribution >= 0.6 is 94.1 Å². The molecular formula is C14H10N2S8. The quantitative estimate of drug-likeness (QED) is 0.369. The van der Waals surface area contributed by atoms with Crippen LogP contribution in [0, 0.1) is 22.7 Å². The van der Waals surface area contributed by atoms with Crippen LogP contribution in [0.5, 0.6) is 0 Å². The molecule has 0 saturated carbocycles. The molecule has 3 heterocycles. The second kappa shape index (κ2) is 10.2. The van der Waals surface area contributed by atoms with Crippen molar-refractivity contribution >= 4 is 94.1 Å². The zero-order chi connectivity index (χ0) is 16.8. The van der Waals surface area contributed by atoms with Gasteiger partial charge in [0.15, 0.2) is 0 Å². The van der Waals surface area contributed by atoms with Gasteiger partial charge in [-0.3, -0.25) is 0 Å². The fourth-order valence-corrected chi connectivity index (χ4v) is 12.7. The summed E-state index contributed by atoms with van der Waals surface area (Å²) in [5.41, 5.74) is 0. The van der Waals surface area contributed by atoms with Gasteiger partial charge in [-0.15, -0.1) is 23.5 Å². The maximum atomic E-state index is 8.76. The Kier molecular flexibility index (Phi) is 8.26. The molecular weight excluding hydrogens is 453 g/mol. The number of nitrogens with zero attached hydrogens (tertiary/aromatic N) is 2. The molecule has 0 amide bonds. The van der Waals surface area contributed by atoms with Gasteiger partial charge in [-0.1, -0.05) is 70.6 Å². The predicted octanol–water partition coefficient (Wildman–Crippen LogP) is 7.57. The monoisotopic (exact) mass is 462 g/mol. The van der Waals surface area contributed by atoms with Crippen molar-refractivity contribution in [1.29, 1.82) is 10.5 Å². The predicted molar refractivity (Wildman–Crippen MR) is 121 cm³/mol. The van der Waals surface area contributed by atoms with E-state index in [4.69, 9.17) is 10.5 Å². The summed E-state index contributed by atoms with van der Waals surface area (Å²) in [6.07, 6.45) is 1.14. The molecule has 24 heavy (non-hydrogen) atoms. The zero-order valence-corrected chi connectivity index (χ0v) is 18.7. The van der Waals surface area contributed by atoms with E-state index >= 15 is 0 Å². The van der Waals surface area contributed by atoms with Gasteiger partial charge in [-0.05, 0) is 10.8 Å². The van der Waals surface area contributed by atoms with Crippen LogP contribution in [-0.2, 0) is 0 Å². The van der Waals surface area contributed by atoms with Gasteiger partial charge in [0.25, 0.3) is 0 Å². The van der Waals surface area contributed by atoms with Crippen LogP contribution in [0.4, 0.5) is 0 Å². The van der Waals surface area contributed by atoms with Crippen molar-refractivity contribution in [2.24, 2.45) is 0 Å². The molecule has 3 rings (SSSR count). The molecule has 0 fully saturated rings. The lowest BCUT2D eigenvalue weighted by Crippen LogP contribution is -1.79. The zero-order valence-electron chi connectivity index (χ0n) is 12.1. The molecule has 0 aromatic heterocycles. The fraction of sp³-hybridized carbons (Fsp3) is 0.286. The smallest absolute Gasteiger partial charge is 0.0718 e. The Balaban J connectivity index is 1.67. The summed E-state index contributed by atoms with van der Waals surface area (Å²) in [6.45, 7) is 0. The second-order valence-electron chi connectivity index (χ2n) is 4.15. The van der Waals surface area contributed by atoms with E-state index in [0.717, 1.165) is 11.5 Å². The van der Waals surface area contributed by atoms with Crippen molar-refractivity contribution in [3.05, 3.63) is 36.2 Å². The summed E-state index contributed by atoms with van der Waals surface area (Å²) in [7, 11) is 0. The van der Waals surface area contributed by atoms with Crippen molar-refractivity contribution in [2.75, 3.05) is 11.5 Å². The van der Waals surface area contributed by atoms with Gasteiger partial charge in [0.2, 0.25) is 0 Å². The van der Waals surface area contributed by atoms with E-state index < -0.39 is 0 Å². The maximum absolute atomic E-state index is 8.76. The van der Waals surface area contributed by atoms with Gasteiger partial charge < -0.3 is 0 Å². The first-order valence-corrected chi connectivity index (χ1v) is 13.7. The minimum atomic E-state index is 0.569. The molecule has 2 nitrogen and oxygen atoms in total. The molecule has 0 radical (unpaired) electrons. The summed E-state index contributed by atoms with van der Waals surface area (Å²) in [5.74, 6) is 1.66. The summed E-state index contributed by atoms with van der Waals surface area (Å²) in [5, 5.41) is 21.8. The molecule has 0 aliphatic carbocycles. The van der Waals surface area contributed by atoms with Crippen molar-refractivity contribution in [1.82, 2.24) is 0 Å². The van der Waals surface area contributed by atoms with Crippen LogP contribution < -0.4 is 0 Å². The molecule has 124 valence electrons. The van der Waals surface area contributed by atoms with Crippen molar-refractivity contribution in [2.45, 2.75) is 12.8 Å². The highest BCUT2D eigenvalue weighted by atomic mass is 32.3. The number of rotatable bonds is 6. The Morgan fingerprint density at radius 1 is 0.708 bits per heavy atom. The lowest BCUT2D eigenvalue weighted by Gasteiger charge is -2.02. The maximum Gasteiger partial charge on any atom is 0.0718 e. The highest BCUT2D eigenvalue weighted by molar-refractivity contribution is 8.45. The summed E-state index contributed by atoms with van der Waals surface area (Å²) in [4.78, 5) is 0. The Morgan fingerprint density at radius 2 is 1.17 bits per heavy atom. The first-order chi connectivity index (χ1) is 11.8. The van der Waals surface area contributed by atoms with Gasteiger partial charge in [-0.2, -0.15) is 10.5 Å². The largest absolute Gasteiger partial charge is 0.198 e. The lowest BCUT2D eigenvalue weighted by atomic mass is 10.6. The Labute approximate surface area is 175 Å². The lowest BCUT2D eigenvalue weighted by molar-refractivity contribution is 1.24. The molecule has 0 N–H and O–H groups in total. The summed E-state index contributed by atoms with van der Waals surface area (Å²) in [6, 6.07) is 4.42. The Bertz CT molecular complexity index is 666. The highest BCUT2D eigenvalue weighted by Gasteiger charge is 2.31. The van der Waals surface area contributed by atoms with Crippen molar-refractivity contribution < 1.29 is 0 Å². The van der Waals surface area contributed by atoms with Gasteiger partial charge >= 0.3 is 0 Å². The van der Waals surface area contributed by atoms with E-state index in [1.807, 2.05) is 47.0 Å². The topological polar surface area (TPSA) is 47.6 Å². The normalized spacial score (nSPS) is 19.8. The van der Waals surface area contributed by atoms with Crippen molar-refractivity contribution in [3.8, 4) is 12.1 Å². The van der Waals surface area contributed by atoms with Crippen molar-refractivity contribution in [3.63, 3.8) is 0 Å². The fourth-order valence-electron chi connectivity index (χ4n) is 1.59. The molecule has 0 aromatic rings. The third-order valence-corrected chi connectivity index (χ3v) is 13.8. The average Bonchev–Trinajstić information content (AvgIpc) is 3.19. The first kappa shape index (κ1) is 19.5. The molecule has 0 saturated heterocycles. The van der Waals surface area contributed by atoms with Crippen LogP contribution in [0.1, 0.15) is 12.8 Å². The van der Waals surface area contributed by atoms with Gasteiger partial charge in [0.1, 0.15) is 0 Å². The summed E-state index contributed by atoms with van der Waals surface area (Å²) >= 11 is 14.6. The van der Waals surface area contributed by atoms with Gasteiger partial charge in [0.05, 0.1) is 37.6 Å². The Hall–Kier alpha value is 0.740. The van der Waals surface area contributed by atoms with E-state index in [1.54, 1.807) is 47.0 Å². The number of hydrogen-bond acceptors (Lipinski definition) is 10. The third kappa shape index (κ3) is 5.14. The molecule has 3 aliphatic heterocycles. The minimum Gasteiger partial charge on any atom is -0.198 e. The van der Waals surface area contributed by atoms with Crippen LogP contribution in [0.3, 0.4) is 0 Å². The van der Waals surface area contributed by atoms with E-state index in [0.29, 0.717) is 12.8 Å². The standard InChI is InChI=1S/C14H10N2S8/c15-3-1-5-17-9-10(18-6-2-4-16)22-13(21-9)14-23-11-12(24-14)20-8-7-19-11/h7-8H,1-2,5-6H2. The molecule has 0 atom stereocenters. The Morgan fingerprint density at radius 3 is 1.62 bits per heavy atom. The third-order valence-electron chi connectivity index (χ3n) is 2.54. The molecule has 0 spiro atoms. The van der Waals surface area contributed by atoms with Crippen LogP contribution in [-0.4, -0.2) is 11.5 Å². The molecule has 0 aromatic carbocycles. The number of nitriles is 2. The van der Waals surface area contributed by atoms with Gasteiger partial charge in [-0.25, -0.2) is 0 Å². The first-order valence-electron chi connectivity index (χ1n) is 6.74.